The molecule has 3 aromatic rings. The van der Waals surface area contributed by atoms with Gasteiger partial charge in [0.2, 0.25) is 12.3 Å². The maximum absolute atomic E-state index is 12.4. The number of Topliss-reactive ketones (excluding diaryl/α,β-unsaturated/α-hetero) is 1. The first-order valence-corrected chi connectivity index (χ1v) is 6.68. The Morgan fingerprint density at radius 2 is 1.71 bits per heavy atom. The second-order valence-electron chi connectivity index (χ2n) is 4.83. The van der Waals surface area contributed by atoms with Gasteiger partial charge in [-0.05, 0) is 23.6 Å². The molecule has 100 valence electrons. The topological polar surface area (TPSA) is 44.7 Å². The molecule has 3 nitrogen and oxygen atoms in total. The Hall–Kier alpha value is -2.99. The van der Waals surface area contributed by atoms with Crippen LogP contribution in [0, 0.1) is 11.3 Å². The summed E-state index contributed by atoms with van der Waals surface area (Å²) in [6.45, 7) is 0.226. The Bertz CT molecular complexity index is 862. The van der Waals surface area contributed by atoms with Gasteiger partial charge in [-0.3, -0.25) is 4.79 Å². The first-order chi connectivity index (χ1) is 10.3. The fourth-order valence-electron chi connectivity index (χ4n) is 2.35. The van der Waals surface area contributed by atoms with E-state index in [2.05, 4.69) is 6.07 Å². The molecule has 0 aliphatic carbocycles. The molecule has 3 heteroatoms. The van der Waals surface area contributed by atoms with E-state index in [1.807, 2.05) is 47.3 Å². The van der Waals surface area contributed by atoms with E-state index in [1.54, 1.807) is 24.3 Å². The molecule has 0 radical (unpaired) electrons. The highest BCUT2D eigenvalue weighted by Gasteiger charge is 2.15. The van der Waals surface area contributed by atoms with Gasteiger partial charge in [-0.1, -0.05) is 30.3 Å². The van der Waals surface area contributed by atoms with E-state index in [1.165, 1.54) is 0 Å². The molecule has 0 saturated heterocycles. The highest BCUT2D eigenvalue weighted by molar-refractivity contribution is 5.97. The third kappa shape index (κ3) is 2.65. The van der Waals surface area contributed by atoms with Crippen LogP contribution in [0.15, 0.2) is 67.0 Å². The summed E-state index contributed by atoms with van der Waals surface area (Å²) < 4.78 is 1.85. The van der Waals surface area contributed by atoms with Gasteiger partial charge in [-0.15, -0.1) is 0 Å². The summed E-state index contributed by atoms with van der Waals surface area (Å²) in [5, 5.41) is 11.3. The standard InChI is InChI=1S/C18H13N2O/c19-11-15-6-3-4-8-17(15)18(21)13-20-10-9-14-5-1-2-7-16(14)12-20/h1-10,12H,13H2/q+1. The van der Waals surface area contributed by atoms with Gasteiger partial charge >= 0.3 is 0 Å². The number of aromatic nitrogens is 1. The van der Waals surface area contributed by atoms with E-state index in [-0.39, 0.29) is 12.3 Å². The molecule has 0 aliphatic heterocycles. The molecule has 0 unspecified atom stereocenters. The van der Waals surface area contributed by atoms with Gasteiger partial charge in [0.1, 0.15) is 0 Å². The molecule has 1 aromatic heterocycles. The number of hydrogen-bond donors (Lipinski definition) is 0. The zero-order valence-corrected chi connectivity index (χ0v) is 11.4. The molecule has 0 N–H and O–H groups in total. The summed E-state index contributed by atoms with van der Waals surface area (Å²) in [6.07, 6.45) is 3.83. The van der Waals surface area contributed by atoms with Crippen LogP contribution < -0.4 is 4.57 Å². The van der Waals surface area contributed by atoms with E-state index >= 15 is 0 Å². The van der Waals surface area contributed by atoms with Crippen molar-refractivity contribution in [3.63, 3.8) is 0 Å². The number of rotatable bonds is 3. The van der Waals surface area contributed by atoms with Crippen molar-refractivity contribution in [1.29, 1.82) is 5.26 Å². The molecule has 0 aliphatic rings. The lowest BCUT2D eigenvalue weighted by atomic mass is 10.0. The Labute approximate surface area is 122 Å². The van der Waals surface area contributed by atoms with E-state index < -0.39 is 0 Å². The summed E-state index contributed by atoms with van der Waals surface area (Å²) in [5.41, 5.74) is 0.893. The van der Waals surface area contributed by atoms with Crippen LogP contribution in [-0.2, 0) is 6.54 Å². The molecular formula is C18H13N2O+. The molecule has 21 heavy (non-hydrogen) atoms. The van der Waals surface area contributed by atoms with Crippen LogP contribution in [0.5, 0.6) is 0 Å². The molecule has 0 atom stereocenters. The SMILES string of the molecule is N#Cc1ccccc1C(=O)C[n+]1ccc2ccccc2c1. The molecule has 0 amide bonds. The molecule has 2 aromatic carbocycles. The van der Waals surface area contributed by atoms with Crippen LogP contribution in [-0.4, -0.2) is 5.78 Å². The molecule has 1 heterocycles. The van der Waals surface area contributed by atoms with Gasteiger partial charge in [0.25, 0.3) is 0 Å². The largest absolute Gasteiger partial charge is 0.287 e. The molecule has 0 saturated carbocycles. The smallest absolute Gasteiger partial charge is 0.228 e. The third-order valence-electron chi connectivity index (χ3n) is 3.42. The van der Waals surface area contributed by atoms with E-state index in [0.29, 0.717) is 11.1 Å². The number of nitrogens with zero attached hydrogens (tertiary/aromatic N) is 2. The Balaban J connectivity index is 1.91. The van der Waals surface area contributed by atoms with Crippen molar-refractivity contribution in [2.24, 2.45) is 0 Å². The minimum Gasteiger partial charge on any atom is -0.287 e. The van der Waals surface area contributed by atoms with Crippen molar-refractivity contribution in [1.82, 2.24) is 0 Å². The lowest BCUT2D eigenvalue weighted by Gasteiger charge is -2.01. The molecule has 0 spiro atoms. The number of nitriles is 1. The average molecular weight is 273 g/mol. The van der Waals surface area contributed by atoms with Crippen LogP contribution in [0.2, 0.25) is 0 Å². The van der Waals surface area contributed by atoms with Crippen LogP contribution in [0.25, 0.3) is 10.8 Å². The van der Waals surface area contributed by atoms with Crippen LogP contribution >= 0.6 is 0 Å². The zero-order chi connectivity index (χ0) is 14.7. The number of pyridine rings is 1. The van der Waals surface area contributed by atoms with E-state index in [9.17, 15) is 4.79 Å². The highest BCUT2D eigenvalue weighted by Crippen LogP contribution is 2.11. The van der Waals surface area contributed by atoms with Crippen LogP contribution in [0.1, 0.15) is 15.9 Å². The van der Waals surface area contributed by atoms with Crippen molar-refractivity contribution in [3.05, 3.63) is 78.1 Å². The lowest BCUT2D eigenvalue weighted by molar-refractivity contribution is -0.681. The number of fused-ring (bicyclic) bond motifs is 1. The predicted octanol–water partition coefficient (Wildman–Crippen LogP) is 2.88. The predicted molar refractivity (Wildman–Crippen MR) is 79.6 cm³/mol. The van der Waals surface area contributed by atoms with Gasteiger partial charge in [0.05, 0.1) is 11.6 Å². The molecule has 0 fully saturated rings. The maximum Gasteiger partial charge on any atom is 0.228 e. The van der Waals surface area contributed by atoms with Gasteiger partial charge in [-0.25, -0.2) is 0 Å². The minimum absolute atomic E-state index is 0.0626. The van der Waals surface area contributed by atoms with Gasteiger partial charge < -0.3 is 0 Å². The third-order valence-corrected chi connectivity index (χ3v) is 3.42. The summed E-state index contributed by atoms with van der Waals surface area (Å²) in [6, 6.07) is 19.0. The number of hydrogen-bond acceptors (Lipinski definition) is 2. The quantitative estimate of drug-likeness (QED) is 0.544. The number of carbonyl (C=O) groups is 1. The second-order valence-corrected chi connectivity index (χ2v) is 4.83. The fourth-order valence-corrected chi connectivity index (χ4v) is 2.35. The van der Waals surface area contributed by atoms with Gasteiger partial charge in [-0.2, -0.15) is 9.83 Å². The summed E-state index contributed by atoms with van der Waals surface area (Å²) >= 11 is 0. The fraction of sp³-hybridized carbons (Fsp3) is 0.0556. The number of benzene rings is 2. The number of carbonyl (C=O) groups excluding carboxylic acids is 1. The lowest BCUT2D eigenvalue weighted by Crippen LogP contribution is -2.37. The summed E-state index contributed by atoms with van der Waals surface area (Å²) in [7, 11) is 0. The Morgan fingerprint density at radius 1 is 1.00 bits per heavy atom. The normalized spacial score (nSPS) is 10.2. The van der Waals surface area contributed by atoms with Crippen molar-refractivity contribution < 1.29 is 9.36 Å². The number of ketones is 1. The molecule has 3 rings (SSSR count). The molecule has 0 bridgehead atoms. The second kappa shape index (κ2) is 5.56. The van der Waals surface area contributed by atoms with Crippen LogP contribution in [0.3, 0.4) is 0 Å². The minimum atomic E-state index is -0.0626. The summed E-state index contributed by atoms with van der Waals surface area (Å²) in [5.74, 6) is -0.0626. The summed E-state index contributed by atoms with van der Waals surface area (Å²) in [4.78, 5) is 12.4. The zero-order valence-electron chi connectivity index (χ0n) is 11.4. The first-order valence-electron chi connectivity index (χ1n) is 6.68. The van der Waals surface area contributed by atoms with Gasteiger partial charge in [0, 0.05) is 17.0 Å². The van der Waals surface area contributed by atoms with Crippen molar-refractivity contribution in [2.75, 3.05) is 0 Å². The van der Waals surface area contributed by atoms with Crippen LogP contribution in [0.4, 0.5) is 0 Å². The molecular weight excluding hydrogens is 260 g/mol. The maximum atomic E-state index is 12.4. The first kappa shape index (κ1) is 13.0. The van der Waals surface area contributed by atoms with Crippen molar-refractivity contribution in [2.45, 2.75) is 6.54 Å². The highest BCUT2D eigenvalue weighted by atomic mass is 16.1. The van der Waals surface area contributed by atoms with Gasteiger partial charge in [0.15, 0.2) is 12.4 Å². The Morgan fingerprint density at radius 3 is 2.52 bits per heavy atom. The van der Waals surface area contributed by atoms with Crippen molar-refractivity contribution >= 4 is 16.6 Å². The monoisotopic (exact) mass is 273 g/mol. The average Bonchev–Trinajstić information content (AvgIpc) is 2.54. The Kier molecular flexibility index (Phi) is 3.44. The van der Waals surface area contributed by atoms with E-state index in [4.69, 9.17) is 5.26 Å². The van der Waals surface area contributed by atoms with Crippen molar-refractivity contribution in [3.8, 4) is 6.07 Å². The van der Waals surface area contributed by atoms with E-state index in [0.717, 1.165) is 10.8 Å².